The fraction of sp³-hybridized carbons (Fsp3) is 0.190. The Hall–Kier alpha value is -3.81. The molecule has 0 unspecified atom stereocenters. The molecule has 1 aliphatic carbocycles. The fourth-order valence-corrected chi connectivity index (χ4v) is 3.31. The first-order valence-corrected chi connectivity index (χ1v) is 9.50. The van der Waals surface area contributed by atoms with Gasteiger partial charge in [0, 0.05) is 11.3 Å². The second kappa shape index (κ2) is 6.97. The molecular weight excluding hydrogens is 366 g/mol. The van der Waals surface area contributed by atoms with Crippen LogP contribution in [0.15, 0.2) is 60.8 Å². The highest BCUT2D eigenvalue weighted by Gasteiger charge is 2.28. The molecule has 1 fully saturated rings. The third-order valence-corrected chi connectivity index (χ3v) is 5.04. The van der Waals surface area contributed by atoms with Gasteiger partial charge in [-0.3, -0.25) is 4.79 Å². The Morgan fingerprint density at radius 2 is 1.83 bits per heavy atom. The second-order valence-electron chi connectivity index (χ2n) is 7.10. The van der Waals surface area contributed by atoms with Crippen molar-refractivity contribution in [1.82, 2.24) is 30.0 Å². The van der Waals surface area contributed by atoms with Crippen LogP contribution in [-0.2, 0) is 0 Å². The minimum Gasteiger partial charge on any atom is -0.322 e. The Morgan fingerprint density at radius 1 is 1.07 bits per heavy atom. The van der Waals surface area contributed by atoms with E-state index in [0.717, 1.165) is 35.6 Å². The molecule has 2 aromatic heterocycles. The van der Waals surface area contributed by atoms with Crippen LogP contribution in [0.3, 0.4) is 0 Å². The largest absolute Gasteiger partial charge is 0.322 e. The SMILES string of the molecule is Cc1c(C(=O)Nc2ccc(-c3nnnn3C3CC3)cc2)cnn1-c1ccccc1. The third kappa shape index (κ3) is 3.29. The lowest BCUT2D eigenvalue weighted by atomic mass is 10.2. The molecule has 1 aliphatic rings. The summed E-state index contributed by atoms with van der Waals surface area (Å²) in [5.74, 6) is 0.561. The van der Waals surface area contributed by atoms with Gasteiger partial charge in [-0.05, 0) is 66.6 Å². The van der Waals surface area contributed by atoms with Gasteiger partial charge in [-0.2, -0.15) is 5.10 Å². The van der Waals surface area contributed by atoms with Gasteiger partial charge in [-0.15, -0.1) is 5.10 Å². The first-order valence-electron chi connectivity index (χ1n) is 9.50. The molecule has 5 rings (SSSR count). The van der Waals surface area contributed by atoms with Gasteiger partial charge in [0.05, 0.1) is 29.2 Å². The molecule has 2 heterocycles. The molecule has 0 saturated heterocycles. The molecule has 0 spiro atoms. The normalized spacial score (nSPS) is 13.4. The van der Waals surface area contributed by atoms with E-state index in [1.807, 2.05) is 66.2 Å². The number of benzene rings is 2. The van der Waals surface area contributed by atoms with Gasteiger partial charge in [-0.25, -0.2) is 9.36 Å². The van der Waals surface area contributed by atoms with E-state index >= 15 is 0 Å². The topological polar surface area (TPSA) is 90.5 Å². The summed E-state index contributed by atoms with van der Waals surface area (Å²) in [4.78, 5) is 12.7. The first kappa shape index (κ1) is 17.3. The Balaban J connectivity index is 1.34. The zero-order valence-electron chi connectivity index (χ0n) is 15.9. The number of carbonyl (C=O) groups excluding carboxylic acids is 1. The molecule has 0 aliphatic heterocycles. The number of tetrazole rings is 1. The van der Waals surface area contributed by atoms with Crippen molar-refractivity contribution in [2.75, 3.05) is 5.32 Å². The minimum absolute atomic E-state index is 0.194. The van der Waals surface area contributed by atoms with Gasteiger partial charge in [0.15, 0.2) is 5.82 Å². The maximum Gasteiger partial charge on any atom is 0.259 e. The first-order chi connectivity index (χ1) is 14.2. The highest BCUT2D eigenvalue weighted by atomic mass is 16.1. The summed E-state index contributed by atoms with van der Waals surface area (Å²) in [5, 5.41) is 19.3. The van der Waals surface area contributed by atoms with Gasteiger partial charge >= 0.3 is 0 Å². The van der Waals surface area contributed by atoms with E-state index in [1.165, 1.54) is 0 Å². The molecule has 8 heteroatoms. The Bertz CT molecular complexity index is 1160. The van der Waals surface area contributed by atoms with E-state index in [2.05, 4.69) is 25.9 Å². The predicted octanol–water partition coefficient (Wildman–Crippen LogP) is 3.42. The number of nitrogens with one attached hydrogen (secondary N) is 1. The number of para-hydroxylation sites is 1. The summed E-state index contributed by atoms with van der Waals surface area (Å²) in [5.41, 5.74) is 3.87. The highest BCUT2D eigenvalue weighted by molar-refractivity contribution is 6.05. The van der Waals surface area contributed by atoms with Crippen molar-refractivity contribution in [3.63, 3.8) is 0 Å². The number of amides is 1. The van der Waals surface area contributed by atoms with Crippen molar-refractivity contribution in [3.8, 4) is 17.1 Å². The molecule has 0 radical (unpaired) electrons. The van der Waals surface area contributed by atoms with Crippen LogP contribution in [0.25, 0.3) is 17.1 Å². The Kier molecular flexibility index (Phi) is 4.16. The van der Waals surface area contributed by atoms with E-state index in [1.54, 1.807) is 10.9 Å². The molecule has 29 heavy (non-hydrogen) atoms. The maximum atomic E-state index is 12.7. The zero-order chi connectivity index (χ0) is 19.8. The standard InChI is InChI=1S/C21H19N7O/c1-14-19(13-22-27(14)17-5-3-2-4-6-17)21(29)23-16-9-7-15(8-10-16)20-24-25-26-28(20)18-11-12-18/h2-10,13,18H,11-12H2,1H3,(H,23,29). The van der Waals surface area contributed by atoms with Gasteiger partial charge in [0.2, 0.25) is 0 Å². The van der Waals surface area contributed by atoms with Crippen LogP contribution in [0.1, 0.15) is 34.9 Å². The zero-order valence-corrected chi connectivity index (χ0v) is 15.9. The second-order valence-corrected chi connectivity index (χ2v) is 7.10. The van der Waals surface area contributed by atoms with Gasteiger partial charge in [-0.1, -0.05) is 18.2 Å². The van der Waals surface area contributed by atoms with Crippen LogP contribution in [0.5, 0.6) is 0 Å². The molecule has 1 saturated carbocycles. The average Bonchev–Trinajstić information content (AvgIpc) is 3.34. The number of nitrogens with zero attached hydrogens (tertiary/aromatic N) is 6. The number of anilines is 1. The van der Waals surface area contributed by atoms with Crippen LogP contribution in [-0.4, -0.2) is 35.9 Å². The number of carbonyl (C=O) groups is 1. The van der Waals surface area contributed by atoms with Crippen molar-refractivity contribution < 1.29 is 4.79 Å². The molecule has 1 amide bonds. The molecule has 1 N–H and O–H groups in total. The van der Waals surface area contributed by atoms with Crippen molar-refractivity contribution in [2.24, 2.45) is 0 Å². The minimum atomic E-state index is -0.194. The van der Waals surface area contributed by atoms with Gasteiger partial charge in [0.25, 0.3) is 5.91 Å². The summed E-state index contributed by atoms with van der Waals surface area (Å²) in [6.45, 7) is 1.88. The number of hydrogen-bond donors (Lipinski definition) is 1. The quantitative estimate of drug-likeness (QED) is 0.568. The van der Waals surface area contributed by atoms with Crippen LogP contribution in [0, 0.1) is 6.92 Å². The molecule has 0 bridgehead atoms. The summed E-state index contributed by atoms with van der Waals surface area (Å²) >= 11 is 0. The molecular formula is C21H19N7O. The maximum absolute atomic E-state index is 12.7. The highest BCUT2D eigenvalue weighted by Crippen LogP contribution is 2.36. The smallest absolute Gasteiger partial charge is 0.259 e. The van der Waals surface area contributed by atoms with Crippen molar-refractivity contribution in [1.29, 1.82) is 0 Å². The van der Waals surface area contributed by atoms with E-state index in [0.29, 0.717) is 17.3 Å². The van der Waals surface area contributed by atoms with Crippen molar-refractivity contribution in [2.45, 2.75) is 25.8 Å². The van der Waals surface area contributed by atoms with Crippen LogP contribution < -0.4 is 5.32 Å². The predicted molar refractivity (Wildman–Crippen MR) is 108 cm³/mol. The van der Waals surface area contributed by atoms with Crippen LogP contribution >= 0.6 is 0 Å². The van der Waals surface area contributed by atoms with E-state index in [9.17, 15) is 4.79 Å². The Morgan fingerprint density at radius 3 is 2.55 bits per heavy atom. The molecule has 144 valence electrons. The van der Waals surface area contributed by atoms with Gasteiger partial charge < -0.3 is 5.32 Å². The summed E-state index contributed by atoms with van der Waals surface area (Å²) in [6.07, 6.45) is 3.82. The lowest BCUT2D eigenvalue weighted by molar-refractivity contribution is 0.102. The van der Waals surface area contributed by atoms with Gasteiger partial charge in [0.1, 0.15) is 0 Å². The summed E-state index contributed by atoms with van der Waals surface area (Å²) < 4.78 is 3.63. The third-order valence-electron chi connectivity index (χ3n) is 5.04. The van der Waals surface area contributed by atoms with E-state index in [4.69, 9.17) is 0 Å². The number of aromatic nitrogens is 6. The number of rotatable bonds is 5. The van der Waals surface area contributed by atoms with Crippen LogP contribution in [0.2, 0.25) is 0 Å². The average molecular weight is 385 g/mol. The number of hydrogen-bond acceptors (Lipinski definition) is 5. The monoisotopic (exact) mass is 385 g/mol. The molecule has 8 nitrogen and oxygen atoms in total. The summed E-state index contributed by atoms with van der Waals surface area (Å²) in [7, 11) is 0. The van der Waals surface area contributed by atoms with Crippen molar-refractivity contribution >= 4 is 11.6 Å². The molecule has 2 aromatic carbocycles. The van der Waals surface area contributed by atoms with Crippen LogP contribution in [0.4, 0.5) is 5.69 Å². The van der Waals surface area contributed by atoms with Crippen molar-refractivity contribution in [3.05, 3.63) is 72.1 Å². The lowest BCUT2D eigenvalue weighted by Gasteiger charge is -2.08. The molecule has 4 aromatic rings. The van der Waals surface area contributed by atoms with E-state index < -0.39 is 0 Å². The fourth-order valence-electron chi connectivity index (χ4n) is 3.31. The molecule has 0 atom stereocenters. The Labute approximate surface area is 167 Å². The van der Waals surface area contributed by atoms with E-state index in [-0.39, 0.29) is 5.91 Å². The lowest BCUT2D eigenvalue weighted by Crippen LogP contribution is -2.13. The summed E-state index contributed by atoms with van der Waals surface area (Å²) in [6, 6.07) is 17.7.